The number of nitrogens with one attached hydrogen (secondary N) is 2. The Morgan fingerprint density at radius 3 is 2.60 bits per heavy atom. The molecular formula is C13H14ClN3O2S. The van der Waals surface area contributed by atoms with E-state index in [4.69, 9.17) is 11.6 Å². The average molecular weight is 312 g/mol. The van der Waals surface area contributed by atoms with Crippen molar-refractivity contribution in [3.05, 3.63) is 47.6 Å². The van der Waals surface area contributed by atoms with E-state index < -0.39 is 10.0 Å². The van der Waals surface area contributed by atoms with Gasteiger partial charge in [0.2, 0.25) is 0 Å². The topological polar surface area (TPSA) is 71.1 Å². The molecule has 1 aromatic heterocycles. The predicted octanol–water partition coefficient (Wildman–Crippen LogP) is 2.97. The minimum absolute atomic E-state index is 0.179. The van der Waals surface area contributed by atoms with Crippen molar-refractivity contribution < 1.29 is 8.42 Å². The summed E-state index contributed by atoms with van der Waals surface area (Å²) in [6.45, 7) is 2.53. The Labute approximate surface area is 123 Å². The molecular weight excluding hydrogens is 298 g/mol. The molecule has 20 heavy (non-hydrogen) atoms. The lowest BCUT2D eigenvalue weighted by Crippen LogP contribution is -2.16. The van der Waals surface area contributed by atoms with Crippen LogP contribution in [0.5, 0.6) is 0 Å². The summed E-state index contributed by atoms with van der Waals surface area (Å²) in [7, 11) is -3.70. The quantitative estimate of drug-likeness (QED) is 0.890. The maximum Gasteiger partial charge on any atom is 0.265 e. The fourth-order valence-corrected chi connectivity index (χ4v) is 2.97. The fourth-order valence-electron chi connectivity index (χ4n) is 1.67. The van der Waals surface area contributed by atoms with Gasteiger partial charge in [-0.2, -0.15) is 0 Å². The molecule has 7 heteroatoms. The summed E-state index contributed by atoms with van der Waals surface area (Å²) < 4.78 is 27.1. The first-order valence-electron chi connectivity index (χ1n) is 6.00. The molecule has 1 aromatic carbocycles. The molecule has 0 saturated carbocycles. The second kappa shape index (κ2) is 6.11. The lowest BCUT2D eigenvalue weighted by Gasteiger charge is -2.12. The first-order valence-corrected chi connectivity index (χ1v) is 7.86. The molecule has 0 fully saturated rings. The van der Waals surface area contributed by atoms with Gasteiger partial charge in [0.1, 0.15) is 10.7 Å². The molecule has 5 nitrogen and oxygen atoms in total. The molecule has 0 bridgehead atoms. The van der Waals surface area contributed by atoms with Crippen LogP contribution in [0, 0.1) is 0 Å². The number of sulfonamides is 1. The Hall–Kier alpha value is -1.79. The Kier molecular flexibility index (Phi) is 4.46. The first-order chi connectivity index (χ1) is 9.53. The highest BCUT2D eigenvalue weighted by Gasteiger charge is 2.18. The Bertz CT molecular complexity index is 687. The summed E-state index contributed by atoms with van der Waals surface area (Å²) in [4.78, 5) is 4.10. The van der Waals surface area contributed by atoms with Crippen LogP contribution in [0.15, 0.2) is 47.5 Å². The van der Waals surface area contributed by atoms with Gasteiger partial charge < -0.3 is 5.32 Å². The van der Waals surface area contributed by atoms with Crippen LogP contribution in [0.25, 0.3) is 0 Å². The standard InChI is InChI=1S/C13H14ClN3O2S/c1-2-15-11-5-3-4-6-12(11)20(18,19)17-13-8-7-10(14)9-16-13/h3-9,15H,2H2,1H3,(H,16,17). The molecule has 0 atom stereocenters. The summed E-state index contributed by atoms with van der Waals surface area (Å²) in [5, 5.41) is 3.46. The third-order valence-corrected chi connectivity index (χ3v) is 4.15. The van der Waals surface area contributed by atoms with E-state index >= 15 is 0 Å². The average Bonchev–Trinajstić information content (AvgIpc) is 2.42. The zero-order chi connectivity index (χ0) is 14.6. The summed E-state index contributed by atoms with van der Waals surface area (Å²) in [6, 6.07) is 9.78. The molecule has 2 rings (SSSR count). The Balaban J connectivity index is 2.33. The normalized spacial score (nSPS) is 11.1. The number of hydrogen-bond donors (Lipinski definition) is 2. The summed E-state index contributed by atoms with van der Waals surface area (Å²) in [5.41, 5.74) is 0.552. The molecule has 0 saturated heterocycles. The predicted molar refractivity (Wildman–Crippen MR) is 80.7 cm³/mol. The SMILES string of the molecule is CCNc1ccccc1S(=O)(=O)Nc1ccc(Cl)cn1. The van der Waals surface area contributed by atoms with E-state index in [-0.39, 0.29) is 10.7 Å². The molecule has 0 spiro atoms. The number of pyridine rings is 1. The molecule has 106 valence electrons. The number of anilines is 2. The lowest BCUT2D eigenvalue weighted by atomic mass is 10.3. The van der Waals surface area contributed by atoms with Crippen molar-refractivity contribution in [3.8, 4) is 0 Å². The van der Waals surface area contributed by atoms with Gasteiger partial charge in [0.15, 0.2) is 0 Å². The van der Waals surface area contributed by atoms with E-state index in [0.717, 1.165) is 0 Å². The van der Waals surface area contributed by atoms with Crippen LogP contribution in [-0.4, -0.2) is 19.9 Å². The number of nitrogens with zero attached hydrogens (tertiary/aromatic N) is 1. The van der Waals surface area contributed by atoms with Gasteiger partial charge in [-0.25, -0.2) is 13.4 Å². The van der Waals surface area contributed by atoms with Crippen molar-refractivity contribution in [1.29, 1.82) is 0 Å². The zero-order valence-electron chi connectivity index (χ0n) is 10.8. The third-order valence-electron chi connectivity index (χ3n) is 2.51. The molecule has 0 radical (unpaired) electrons. The molecule has 0 amide bonds. The monoisotopic (exact) mass is 311 g/mol. The van der Waals surface area contributed by atoms with Crippen LogP contribution < -0.4 is 10.0 Å². The number of halogens is 1. The van der Waals surface area contributed by atoms with Crippen molar-refractivity contribution in [2.45, 2.75) is 11.8 Å². The van der Waals surface area contributed by atoms with Crippen molar-refractivity contribution >= 4 is 33.1 Å². The van der Waals surface area contributed by atoms with E-state index in [1.54, 1.807) is 24.3 Å². The maximum absolute atomic E-state index is 12.4. The van der Waals surface area contributed by atoms with Gasteiger partial charge in [-0.1, -0.05) is 23.7 Å². The van der Waals surface area contributed by atoms with Crippen LogP contribution in [-0.2, 0) is 10.0 Å². The van der Waals surface area contributed by atoms with Crippen molar-refractivity contribution in [3.63, 3.8) is 0 Å². The van der Waals surface area contributed by atoms with Crippen molar-refractivity contribution in [2.24, 2.45) is 0 Å². The minimum Gasteiger partial charge on any atom is -0.384 e. The minimum atomic E-state index is -3.70. The summed E-state index contributed by atoms with van der Waals surface area (Å²) >= 11 is 5.72. The van der Waals surface area contributed by atoms with E-state index in [1.807, 2.05) is 6.92 Å². The highest BCUT2D eigenvalue weighted by molar-refractivity contribution is 7.92. The van der Waals surface area contributed by atoms with Gasteiger partial charge in [-0.05, 0) is 31.2 Å². The lowest BCUT2D eigenvalue weighted by molar-refractivity contribution is 0.601. The fraction of sp³-hybridized carbons (Fsp3) is 0.154. The smallest absolute Gasteiger partial charge is 0.265 e. The number of para-hydroxylation sites is 1. The number of hydrogen-bond acceptors (Lipinski definition) is 4. The van der Waals surface area contributed by atoms with Gasteiger partial charge in [-0.15, -0.1) is 0 Å². The highest BCUT2D eigenvalue weighted by atomic mass is 35.5. The molecule has 0 aliphatic rings. The summed E-state index contributed by atoms with van der Waals surface area (Å²) in [6.07, 6.45) is 1.38. The third kappa shape index (κ3) is 3.40. The van der Waals surface area contributed by atoms with Gasteiger partial charge in [-0.3, -0.25) is 4.72 Å². The molecule has 0 unspecified atom stereocenters. The highest BCUT2D eigenvalue weighted by Crippen LogP contribution is 2.23. The first kappa shape index (κ1) is 14.6. The molecule has 2 aromatic rings. The zero-order valence-corrected chi connectivity index (χ0v) is 12.4. The Morgan fingerprint density at radius 2 is 1.95 bits per heavy atom. The van der Waals surface area contributed by atoms with Crippen LogP contribution in [0.1, 0.15) is 6.92 Å². The second-order valence-corrected chi connectivity index (χ2v) is 6.08. The van der Waals surface area contributed by atoms with Crippen molar-refractivity contribution in [1.82, 2.24) is 4.98 Å². The number of aromatic nitrogens is 1. The van der Waals surface area contributed by atoms with E-state index in [1.165, 1.54) is 18.3 Å². The van der Waals surface area contributed by atoms with E-state index in [0.29, 0.717) is 17.3 Å². The Morgan fingerprint density at radius 1 is 1.20 bits per heavy atom. The van der Waals surface area contributed by atoms with Gasteiger partial charge in [0.05, 0.1) is 10.7 Å². The van der Waals surface area contributed by atoms with Crippen LogP contribution >= 0.6 is 11.6 Å². The van der Waals surface area contributed by atoms with E-state index in [9.17, 15) is 8.42 Å². The summed E-state index contributed by atoms with van der Waals surface area (Å²) in [5.74, 6) is 0.223. The van der Waals surface area contributed by atoms with Crippen LogP contribution in [0.3, 0.4) is 0 Å². The largest absolute Gasteiger partial charge is 0.384 e. The molecule has 2 N–H and O–H groups in total. The van der Waals surface area contributed by atoms with Gasteiger partial charge in [0.25, 0.3) is 10.0 Å². The van der Waals surface area contributed by atoms with Crippen LogP contribution in [0.2, 0.25) is 5.02 Å². The maximum atomic E-state index is 12.4. The molecule has 0 aliphatic carbocycles. The van der Waals surface area contributed by atoms with Crippen molar-refractivity contribution in [2.75, 3.05) is 16.6 Å². The van der Waals surface area contributed by atoms with Crippen LogP contribution in [0.4, 0.5) is 11.5 Å². The van der Waals surface area contributed by atoms with Gasteiger partial charge >= 0.3 is 0 Å². The van der Waals surface area contributed by atoms with Gasteiger partial charge in [0, 0.05) is 12.7 Å². The molecule has 0 aliphatic heterocycles. The second-order valence-electron chi connectivity index (χ2n) is 3.99. The molecule has 1 heterocycles. The van der Waals surface area contributed by atoms with E-state index in [2.05, 4.69) is 15.0 Å². The number of rotatable bonds is 5. The number of benzene rings is 1.